The minimum Gasteiger partial charge on any atom is -0.493 e. The summed E-state index contributed by atoms with van der Waals surface area (Å²) >= 11 is 6.02. The van der Waals surface area contributed by atoms with Gasteiger partial charge in [-0.1, -0.05) is 11.6 Å². The van der Waals surface area contributed by atoms with Crippen molar-refractivity contribution in [1.29, 1.82) is 0 Å². The number of aliphatic imine (C=N–C) groups is 1. The first-order chi connectivity index (χ1) is 10.5. The summed E-state index contributed by atoms with van der Waals surface area (Å²) in [5.74, 6) is -0.246. The Bertz CT molecular complexity index is 779. The van der Waals surface area contributed by atoms with Gasteiger partial charge in [0, 0.05) is 22.2 Å². The van der Waals surface area contributed by atoms with E-state index in [9.17, 15) is 9.50 Å². The number of hydrogen-bond donors (Lipinski definition) is 2. The topological polar surface area (TPSA) is 67.8 Å². The maximum absolute atomic E-state index is 13.5. The predicted molar refractivity (Wildman–Crippen MR) is 83.3 cm³/mol. The predicted octanol–water partition coefficient (Wildman–Crippen LogP) is 3.12. The number of amidine groups is 1. The molecule has 1 heterocycles. The second-order valence-corrected chi connectivity index (χ2v) is 5.38. The maximum Gasteiger partial charge on any atom is 0.178 e. The van der Waals surface area contributed by atoms with Crippen molar-refractivity contribution in [1.82, 2.24) is 0 Å². The van der Waals surface area contributed by atoms with Gasteiger partial charge in [0.25, 0.3) is 0 Å². The molecule has 0 spiro atoms. The quantitative estimate of drug-likeness (QED) is 0.913. The lowest BCUT2D eigenvalue weighted by Gasteiger charge is -2.27. The van der Waals surface area contributed by atoms with Crippen LogP contribution in [0, 0.1) is 5.82 Å². The highest BCUT2D eigenvalue weighted by Gasteiger charge is 2.44. The summed E-state index contributed by atoms with van der Waals surface area (Å²) in [5, 5.41) is 11.6. The number of nitrogens with zero attached hydrogens (tertiary/aromatic N) is 1. The molecule has 0 saturated heterocycles. The number of fused-ring (bicyclic) bond motifs is 1. The van der Waals surface area contributed by atoms with E-state index in [2.05, 4.69) is 4.99 Å². The number of benzene rings is 2. The van der Waals surface area contributed by atoms with Crippen LogP contribution in [0.2, 0.25) is 5.02 Å². The summed E-state index contributed by atoms with van der Waals surface area (Å²) in [6.45, 7) is 2.10. The average Bonchev–Trinajstić information content (AvgIpc) is 2.72. The van der Waals surface area contributed by atoms with E-state index in [-0.39, 0.29) is 11.6 Å². The molecule has 1 atom stereocenters. The number of ether oxygens (including phenoxy) is 1. The van der Waals surface area contributed by atoms with Crippen molar-refractivity contribution in [3.63, 3.8) is 0 Å². The van der Waals surface area contributed by atoms with E-state index < -0.39 is 11.4 Å². The van der Waals surface area contributed by atoms with Crippen LogP contribution < -0.4 is 10.5 Å². The van der Waals surface area contributed by atoms with Crippen LogP contribution in [-0.2, 0) is 5.60 Å². The lowest BCUT2D eigenvalue weighted by atomic mass is 9.85. The fraction of sp³-hybridized carbons (Fsp3) is 0.188. The maximum atomic E-state index is 13.5. The Morgan fingerprint density at radius 2 is 2.05 bits per heavy atom. The average molecular weight is 321 g/mol. The smallest absolute Gasteiger partial charge is 0.178 e. The van der Waals surface area contributed by atoms with Crippen LogP contribution in [0.5, 0.6) is 5.75 Å². The fourth-order valence-electron chi connectivity index (χ4n) is 2.60. The zero-order valence-electron chi connectivity index (χ0n) is 11.8. The highest BCUT2D eigenvalue weighted by atomic mass is 35.5. The molecule has 1 unspecified atom stereocenters. The third-order valence-corrected chi connectivity index (χ3v) is 3.83. The van der Waals surface area contributed by atoms with E-state index in [4.69, 9.17) is 22.1 Å². The van der Waals surface area contributed by atoms with Crippen molar-refractivity contribution in [2.24, 2.45) is 10.7 Å². The minimum atomic E-state index is -1.70. The van der Waals surface area contributed by atoms with Crippen molar-refractivity contribution in [3.8, 4) is 5.75 Å². The summed E-state index contributed by atoms with van der Waals surface area (Å²) < 4.78 is 18.9. The Labute approximate surface area is 132 Å². The SMILES string of the molecule is CCOc1cc(F)ccc1C1(O)C(N)=Nc2ccc(Cl)cc21. The van der Waals surface area contributed by atoms with Gasteiger partial charge in [0.05, 0.1) is 12.3 Å². The lowest BCUT2D eigenvalue weighted by Crippen LogP contribution is -2.40. The van der Waals surface area contributed by atoms with E-state index in [1.54, 1.807) is 25.1 Å². The minimum absolute atomic E-state index is 0.00247. The number of hydrogen-bond acceptors (Lipinski definition) is 4. The first-order valence-electron chi connectivity index (χ1n) is 6.76. The summed E-state index contributed by atoms with van der Waals surface area (Å²) in [5.41, 5.74) is 5.57. The van der Waals surface area contributed by atoms with Gasteiger partial charge < -0.3 is 15.6 Å². The molecular formula is C16H14ClFN2O2. The van der Waals surface area contributed by atoms with Gasteiger partial charge >= 0.3 is 0 Å². The normalized spacial score (nSPS) is 19.7. The van der Waals surface area contributed by atoms with Crippen molar-refractivity contribution < 1.29 is 14.2 Å². The molecule has 3 rings (SSSR count). The van der Waals surface area contributed by atoms with Crippen molar-refractivity contribution in [2.75, 3.05) is 6.61 Å². The van der Waals surface area contributed by atoms with Gasteiger partial charge in [-0.05, 0) is 37.3 Å². The molecule has 0 saturated carbocycles. The Kier molecular flexibility index (Phi) is 3.54. The van der Waals surface area contributed by atoms with Crippen LogP contribution >= 0.6 is 11.6 Å². The van der Waals surface area contributed by atoms with Crippen LogP contribution in [0.25, 0.3) is 0 Å². The number of nitrogens with two attached hydrogens (primary N) is 1. The van der Waals surface area contributed by atoms with Crippen molar-refractivity contribution in [2.45, 2.75) is 12.5 Å². The van der Waals surface area contributed by atoms with Gasteiger partial charge in [0.2, 0.25) is 0 Å². The Morgan fingerprint density at radius 3 is 2.77 bits per heavy atom. The van der Waals surface area contributed by atoms with Crippen LogP contribution in [-0.4, -0.2) is 17.5 Å². The number of aliphatic hydroxyl groups is 1. The van der Waals surface area contributed by atoms with Crippen molar-refractivity contribution in [3.05, 3.63) is 58.4 Å². The van der Waals surface area contributed by atoms with E-state index in [1.165, 1.54) is 18.2 Å². The second kappa shape index (κ2) is 5.26. The largest absolute Gasteiger partial charge is 0.493 e. The Hall–Kier alpha value is -2.11. The van der Waals surface area contributed by atoms with E-state index >= 15 is 0 Å². The van der Waals surface area contributed by atoms with E-state index in [0.29, 0.717) is 28.4 Å². The molecule has 0 aromatic heterocycles. The van der Waals surface area contributed by atoms with Crippen LogP contribution in [0.4, 0.5) is 10.1 Å². The first-order valence-corrected chi connectivity index (χ1v) is 7.14. The molecule has 0 bridgehead atoms. The number of halogens is 2. The molecule has 2 aromatic carbocycles. The molecule has 0 aliphatic carbocycles. The highest BCUT2D eigenvalue weighted by molar-refractivity contribution is 6.30. The first kappa shape index (κ1) is 14.8. The zero-order chi connectivity index (χ0) is 15.9. The molecule has 114 valence electrons. The van der Waals surface area contributed by atoms with Gasteiger partial charge in [0.15, 0.2) is 5.60 Å². The van der Waals surface area contributed by atoms with Gasteiger partial charge in [-0.25, -0.2) is 9.38 Å². The molecule has 1 aliphatic heterocycles. The van der Waals surface area contributed by atoms with Gasteiger partial charge in [-0.3, -0.25) is 0 Å². The molecule has 22 heavy (non-hydrogen) atoms. The molecule has 3 N–H and O–H groups in total. The standard InChI is InChI=1S/C16H14ClFN2O2/c1-2-22-14-8-10(18)4-5-11(14)16(21)12-7-9(17)3-6-13(12)20-15(16)19/h3-8,21H,2H2,1H3,(H2,19,20). The summed E-state index contributed by atoms with van der Waals surface area (Å²) in [6, 6.07) is 8.83. The summed E-state index contributed by atoms with van der Waals surface area (Å²) in [7, 11) is 0. The molecule has 6 heteroatoms. The molecular weight excluding hydrogens is 307 g/mol. The van der Waals surface area contributed by atoms with E-state index in [1.807, 2.05) is 0 Å². The van der Waals surface area contributed by atoms with Crippen molar-refractivity contribution >= 4 is 23.1 Å². The monoisotopic (exact) mass is 320 g/mol. The molecule has 2 aromatic rings. The molecule has 1 aliphatic rings. The second-order valence-electron chi connectivity index (χ2n) is 4.94. The molecule has 4 nitrogen and oxygen atoms in total. The molecule has 0 fully saturated rings. The molecule has 0 amide bonds. The number of rotatable bonds is 3. The van der Waals surface area contributed by atoms with E-state index in [0.717, 1.165) is 0 Å². The zero-order valence-corrected chi connectivity index (χ0v) is 12.6. The third kappa shape index (κ3) is 2.14. The van der Waals surface area contributed by atoms with Crippen LogP contribution in [0.3, 0.4) is 0 Å². The van der Waals surface area contributed by atoms with Gasteiger partial charge in [-0.15, -0.1) is 0 Å². The van der Waals surface area contributed by atoms with Gasteiger partial charge in [0.1, 0.15) is 17.4 Å². The molecule has 0 radical (unpaired) electrons. The Morgan fingerprint density at radius 1 is 1.27 bits per heavy atom. The van der Waals surface area contributed by atoms with Crippen LogP contribution in [0.15, 0.2) is 41.4 Å². The third-order valence-electron chi connectivity index (χ3n) is 3.59. The summed E-state index contributed by atoms with van der Waals surface area (Å²) in [6.07, 6.45) is 0. The lowest BCUT2D eigenvalue weighted by molar-refractivity contribution is 0.153. The highest BCUT2D eigenvalue weighted by Crippen LogP contribution is 2.45. The summed E-state index contributed by atoms with van der Waals surface area (Å²) in [4.78, 5) is 4.18. The van der Waals surface area contributed by atoms with Crippen LogP contribution in [0.1, 0.15) is 18.1 Å². The Balaban J connectivity index is 2.24. The van der Waals surface area contributed by atoms with Gasteiger partial charge in [-0.2, -0.15) is 0 Å². The fourth-order valence-corrected chi connectivity index (χ4v) is 2.77.